The molecule has 0 saturated carbocycles. The molecule has 0 fully saturated rings. The maximum absolute atomic E-state index is 12.4. The summed E-state index contributed by atoms with van der Waals surface area (Å²) in [5, 5.41) is 9.81. The van der Waals surface area contributed by atoms with Gasteiger partial charge in [-0.05, 0) is 44.5 Å². The van der Waals surface area contributed by atoms with E-state index in [2.05, 4.69) is 31.7 Å². The minimum atomic E-state index is -0.0176. The summed E-state index contributed by atoms with van der Waals surface area (Å²) < 4.78 is 0. The second kappa shape index (κ2) is 7.33. The molecule has 1 aromatic carbocycles. The molecule has 2 rings (SSSR count). The van der Waals surface area contributed by atoms with Crippen molar-refractivity contribution in [1.82, 2.24) is 4.90 Å². The highest BCUT2D eigenvalue weighted by molar-refractivity contribution is 8.06. The molecule has 1 heterocycles. The highest BCUT2D eigenvalue weighted by Crippen LogP contribution is 2.40. The third-order valence-corrected chi connectivity index (χ3v) is 4.88. The van der Waals surface area contributed by atoms with E-state index in [0.717, 1.165) is 24.4 Å². The van der Waals surface area contributed by atoms with Gasteiger partial charge in [-0.2, -0.15) is 5.26 Å². The summed E-state index contributed by atoms with van der Waals surface area (Å²) in [6, 6.07) is 8.84. The molecule has 1 aromatic rings. The first-order valence-corrected chi connectivity index (χ1v) is 8.27. The number of carbonyl (C=O) groups excluding carboxylic acids is 1. The molecular formula is C18H20N2OS. The Morgan fingerprint density at radius 3 is 2.59 bits per heavy atom. The van der Waals surface area contributed by atoms with E-state index in [0.29, 0.717) is 11.1 Å². The van der Waals surface area contributed by atoms with E-state index in [9.17, 15) is 4.79 Å². The van der Waals surface area contributed by atoms with Crippen LogP contribution in [0, 0.1) is 11.3 Å². The molecule has 0 bridgehead atoms. The van der Waals surface area contributed by atoms with Crippen LogP contribution in [0.4, 0.5) is 0 Å². The molecule has 4 heteroatoms. The van der Waals surface area contributed by atoms with Crippen LogP contribution in [-0.4, -0.2) is 17.2 Å². The Balaban J connectivity index is 2.19. The second-order valence-corrected chi connectivity index (χ2v) is 6.52. The third kappa shape index (κ3) is 3.61. The monoisotopic (exact) mass is 312 g/mol. The summed E-state index contributed by atoms with van der Waals surface area (Å²) in [6.07, 6.45) is 3.94. The molecule has 22 heavy (non-hydrogen) atoms. The van der Waals surface area contributed by atoms with Gasteiger partial charge >= 0.3 is 0 Å². The number of hydrogen-bond acceptors (Lipinski definition) is 4. The van der Waals surface area contributed by atoms with Crippen LogP contribution in [0.1, 0.15) is 49.5 Å². The molecule has 1 aliphatic heterocycles. The van der Waals surface area contributed by atoms with Crippen LogP contribution in [0.25, 0.3) is 0 Å². The predicted molar refractivity (Wildman–Crippen MR) is 91.1 cm³/mol. The van der Waals surface area contributed by atoms with Crippen LogP contribution in [0.3, 0.4) is 0 Å². The smallest absolute Gasteiger partial charge is 0.188 e. The predicted octanol–water partition coefficient (Wildman–Crippen LogP) is 4.68. The molecule has 0 aromatic heterocycles. The van der Waals surface area contributed by atoms with Gasteiger partial charge in [0.2, 0.25) is 0 Å². The number of thioether (sulfide) groups is 1. The molecule has 0 amide bonds. The lowest BCUT2D eigenvalue weighted by Gasteiger charge is -2.21. The van der Waals surface area contributed by atoms with E-state index >= 15 is 0 Å². The van der Waals surface area contributed by atoms with Gasteiger partial charge in [0.25, 0.3) is 0 Å². The fourth-order valence-electron chi connectivity index (χ4n) is 2.25. The van der Waals surface area contributed by atoms with Crippen molar-refractivity contribution in [2.24, 2.45) is 0 Å². The topological polar surface area (TPSA) is 44.1 Å². The molecule has 114 valence electrons. The maximum atomic E-state index is 12.4. The number of unbranched alkanes of at least 4 members (excludes halogenated alkanes) is 1. The zero-order valence-corrected chi connectivity index (χ0v) is 14.0. The lowest BCUT2D eigenvalue weighted by molar-refractivity contribution is 0.104. The molecule has 0 atom stereocenters. The van der Waals surface area contributed by atoms with Gasteiger partial charge in [-0.25, -0.2) is 0 Å². The van der Waals surface area contributed by atoms with Crippen molar-refractivity contribution in [3.63, 3.8) is 0 Å². The molecule has 0 saturated heterocycles. The molecular weight excluding hydrogens is 292 g/mol. The summed E-state index contributed by atoms with van der Waals surface area (Å²) in [6.45, 7) is 7.30. The van der Waals surface area contributed by atoms with Crippen LogP contribution in [0.15, 0.2) is 46.0 Å². The van der Waals surface area contributed by atoms with Crippen LogP contribution >= 0.6 is 11.8 Å². The van der Waals surface area contributed by atoms with E-state index in [4.69, 9.17) is 5.26 Å². The van der Waals surface area contributed by atoms with E-state index in [1.54, 1.807) is 42.1 Å². The highest BCUT2D eigenvalue weighted by atomic mass is 32.2. The number of allylic oxidation sites excluding steroid dienone is 3. The summed E-state index contributed by atoms with van der Waals surface area (Å²) in [5.41, 5.74) is 2.42. The Hall–Kier alpha value is -1.99. The third-order valence-electron chi connectivity index (χ3n) is 3.73. The first kappa shape index (κ1) is 16.4. The molecule has 0 N–H and O–H groups in total. The first-order valence-electron chi connectivity index (χ1n) is 7.46. The van der Waals surface area contributed by atoms with Gasteiger partial charge in [0.15, 0.2) is 5.78 Å². The van der Waals surface area contributed by atoms with E-state index in [1.165, 1.54) is 10.6 Å². The molecule has 0 aliphatic carbocycles. The number of nitriles is 1. The average Bonchev–Trinajstić information content (AvgIpc) is 2.79. The number of nitrogens with zero attached hydrogens (tertiary/aromatic N) is 2. The number of rotatable bonds is 5. The lowest BCUT2D eigenvalue weighted by atomic mass is 10.1. The van der Waals surface area contributed by atoms with Gasteiger partial charge in [-0.3, -0.25) is 4.79 Å². The maximum Gasteiger partial charge on any atom is 0.188 e. The van der Waals surface area contributed by atoms with E-state index in [1.807, 2.05) is 0 Å². The van der Waals surface area contributed by atoms with Crippen molar-refractivity contribution in [3.8, 4) is 6.07 Å². The fraction of sp³-hybridized carbons (Fsp3) is 0.333. The van der Waals surface area contributed by atoms with Crippen LogP contribution in [-0.2, 0) is 0 Å². The molecule has 1 aliphatic rings. The van der Waals surface area contributed by atoms with E-state index < -0.39 is 0 Å². The SMILES string of the molecule is CCCCN1C(=CC(=O)c2ccc(C#N)cc2)SC(C)=C1C. The zero-order valence-electron chi connectivity index (χ0n) is 13.2. The highest BCUT2D eigenvalue weighted by Gasteiger charge is 2.23. The number of benzene rings is 1. The molecule has 3 nitrogen and oxygen atoms in total. The van der Waals surface area contributed by atoms with Gasteiger partial charge < -0.3 is 4.90 Å². The molecule has 0 spiro atoms. The quantitative estimate of drug-likeness (QED) is 0.585. The Bertz CT molecular complexity index is 665. The zero-order chi connectivity index (χ0) is 16.1. The summed E-state index contributed by atoms with van der Waals surface area (Å²) >= 11 is 1.66. The van der Waals surface area contributed by atoms with Crippen LogP contribution in [0.5, 0.6) is 0 Å². The standard InChI is InChI=1S/C18H20N2OS/c1-4-5-10-20-13(2)14(3)22-18(20)11-17(21)16-8-6-15(12-19)7-9-16/h6-9,11H,4-5,10H2,1-3H3. The van der Waals surface area contributed by atoms with E-state index in [-0.39, 0.29) is 5.78 Å². The molecule has 0 radical (unpaired) electrons. The number of ketones is 1. The largest absolute Gasteiger partial charge is 0.339 e. The molecule has 0 unspecified atom stereocenters. The summed E-state index contributed by atoms with van der Waals surface area (Å²) in [4.78, 5) is 15.9. The summed E-state index contributed by atoms with van der Waals surface area (Å²) in [7, 11) is 0. The fourth-order valence-corrected chi connectivity index (χ4v) is 3.32. The second-order valence-electron chi connectivity index (χ2n) is 5.28. The van der Waals surface area contributed by atoms with Crippen molar-refractivity contribution in [1.29, 1.82) is 5.26 Å². The van der Waals surface area contributed by atoms with Crippen LogP contribution in [0.2, 0.25) is 0 Å². The van der Waals surface area contributed by atoms with Crippen molar-refractivity contribution in [3.05, 3.63) is 57.1 Å². The van der Waals surface area contributed by atoms with Gasteiger partial charge in [-0.1, -0.05) is 25.1 Å². The Morgan fingerprint density at radius 1 is 1.32 bits per heavy atom. The lowest BCUT2D eigenvalue weighted by Crippen LogP contribution is -2.18. The number of carbonyl (C=O) groups is 1. The Kier molecular flexibility index (Phi) is 5.46. The Morgan fingerprint density at radius 2 is 2.00 bits per heavy atom. The minimum Gasteiger partial charge on any atom is -0.339 e. The van der Waals surface area contributed by atoms with Crippen molar-refractivity contribution in [2.45, 2.75) is 33.6 Å². The van der Waals surface area contributed by atoms with Crippen molar-refractivity contribution in [2.75, 3.05) is 6.54 Å². The minimum absolute atomic E-state index is 0.0176. The van der Waals surface area contributed by atoms with Crippen molar-refractivity contribution < 1.29 is 4.79 Å². The first-order chi connectivity index (χ1) is 10.6. The van der Waals surface area contributed by atoms with Gasteiger partial charge in [0.05, 0.1) is 16.7 Å². The van der Waals surface area contributed by atoms with Gasteiger partial charge in [0, 0.05) is 28.8 Å². The van der Waals surface area contributed by atoms with Crippen molar-refractivity contribution >= 4 is 17.5 Å². The van der Waals surface area contributed by atoms with Gasteiger partial charge in [0.1, 0.15) is 0 Å². The van der Waals surface area contributed by atoms with Crippen LogP contribution < -0.4 is 0 Å². The number of hydrogen-bond donors (Lipinski definition) is 0. The average molecular weight is 312 g/mol. The Labute approximate surface area is 136 Å². The normalized spacial score (nSPS) is 16.3. The van der Waals surface area contributed by atoms with Gasteiger partial charge in [-0.15, -0.1) is 0 Å². The summed E-state index contributed by atoms with van der Waals surface area (Å²) in [5.74, 6) is -0.0176.